The van der Waals surface area contributed by atoms with E-state index in [2.05, 4.69) is 486 Å². The van der Waals surface area contributed by atoms with E-state index in [9.17, 15) is 0 Å². The summed E-state index contributed by atoms with van der Waals surface area (Å²) in [6.07, 6.45) is 0.694. The first-order valence-electron chi connectivity index (χ1n) is 43.8. The molecule has 0 aliphatic heterocycles. The molecule has 0 saturated carbocycles. The van der Waals surface area contributed by atoms with Crippen molar-refractivity contribution >= 4 is 56.1 Å². The van der Waals surface area contributed by atoms with Crippen LogP contribution >= 0.6 is 0 Å². The molecule has 125 heavy (non-hydrogen) atoms. The summed E-state index contributed by atoms with van der Waals surface area (Å²) in [7, 11) is 0. The monoisotopic (exact) mass is 1590 g/mol. The molecule has 1 heterocycles. The number of hydrogen-bond acceptors (Lipinski definition) is 3. The fraction of sp³-hybridized carbons (Fsp3) is 0.0656. The van der Waals surface area contributed by atoms with E-state index in [0.29, 0.717) is 6.42 Å². The summed E-state index contributed by atoms with van der Waals surface area (Å²) >= 11 is 0. The first-order chi connectivity index (χ1) is 61.6. The Kier molecular flexibility index (Phi) is 17.0. The van der Waals surface area contributed by atoms with Crippen molar-refractivity contribution in [3.8, 4) is 89.0 Å². The van der Waals surface area contributed by atoms with Gasteiger partial charge in [0.2, 0.25) is 0 Å². The number of para-hydroxylation sites is 1. The topological polar surface area (TPSA) is 19.6 Å². The predicted octanol–water partition coefficient (Wildman–Crippen LogP) is 31.8. The minimum Gasteiger partial charge on any atom is -0.455 e. The third-order valence-electron chi connectivity index (χ3n) is 28.0. The first kappa shape index (κ1) is 73.5. The molecular weight excluding hydrogens is 1510 g/mol. The van der Waals surface area contributed by atoms with E-state index in [0.717, 1.165) is 78.3 Å². The van der Waals surface area contributed by atoms with Crippen LogP contribution in [0.15, 0.2) is 459 Å². The zero-order chi connectivity index (χ0) is 83.1. The maximum atomic E-state index is 7.26. The summed E-state index contributed by atoms with van der Waals surface area (Å²) in [6, 6.07) is 171. The number of furan rings is 1. The number of benzene rings is 19. The number of fused-ring (bicyclic) bond motifs is 15. The fourth-order valence-corrected chi connectivity index (χ4v) is 22.4. The molecule has 1 atom stereocenters. The second-order valence-electron chi connectivity index (χ2n) is 35.1. The van der Waals surface area contributed by atoms with E-state index >= 15 is 0 Å². The van der Waals surface area contributed by atoms with Gasteiger partial charge in [-0.1, -0.05) is 367 Å². The Hall–Kier alpha value is -15.4. The van der Waals surface area contributed by atoms with Crippen molar-refractivity contribution in [1.82, 2.24) is 0 Å². The highest BCUT2D eigenvalue weighted by Crippen LogP contribution is 2.62. The second kappa shape index (κ2) is 28.9. The quantitative estimate of drug-likeness (QED) is 0.0961. The van der Waals surface area contributed by atoms with Crippen LogP contribution in [0.1, 0.15) is 93.1 Å². The van der Waals surface area contributed by atoms with E-state index in [1.165, 1.54) is 139 Å². The number of anilines is 6. The molecule has 19 aromatic carbocycles. The van der Waals surface area contributed by atoms with Gasteiger partial charge in [-0.15, -0.1) is 0 Å². The molecule has 0 saturated heterocycles. The van der Waals surface area contributed by atoms with Crippen LogP contribution in [0.4, 0.5) is 34.1 Å². The van der Waals surface area contributed by atoms with Gasteiger partial charge in [-0.25, -0.2) is 0 Å². The van der Waals surface area contributed by atoms with Crippen molar-refractivity contribution in [3.63, 3.8) is 0 Å². The third-order valence-corrected chi connectivity index (χ3v) is 28.0. The lowest BCUT2D eigenvalue weighted by Gasteiger charge is -2.35. The zero-order valence-corrected chi connectivity index (χ0v) is 69.8. The van der Waals surface area contributed by atoms with Crippen LogP contribution in [0.5, 0.6) is 0 Å². The van der Waals surface area contributed by atoms with Gasteiger partial charge < -0.3 is 14.2 Å². The third kappa shape index (κ3) is 11.4. The lowest BCUT2D eigenvalue weighted by Crippen LogP contribution is -2.28. The van der Waals surface area contributed by atoms with Crippen molar-refractivity contribution in [2.45, 2.75) is 48.9 Å². The lowest BCUT2D eigenvalue weighted by atomic mass is 9.67. The summed E-state index contributed by atoms with van der Waals surface area (Å²) in [5.41, 5.74) is 41.7. The first-order valence-corrected chi connectivity index (χ1v) is 43.8. The molecule has 4 aliphatic rings. The highest BCUT2D eigenvalue weighted by atomic mass is 16.3. The van der Waals surface area contributed by atoms with Crippen molar-refractivity contribution in [3.05, 3.63) is 527 Å². The van der Waals surface area contributed by atoms with Gasteiger partial charge in [-0.3, -0.25) is 0 Å². The van der Waals surface area contributed by atoms with Gasteiger partial charge in [0.15, 0.2) is 0 Å². The molecule has 0 spiro atoms. The maximum Gasteiger partial charge on any atom is 0.143 e. The average molecular weight is 1600 g/mol. The van der Waals surface area contributed by atoms with Gasteiger partial charge in [0.1, 0.15) is 11.2 Å². The standard InChI is InChI=1S/C122H86N2O/c1-119(2)109-52-27-22-47-98(109)102-65-61-94(75-113(102)119)124(97-64-68-105-101-50-25-30-55-112(101)122(116(105)78-97,90-42-18-8-19-43-90)91-44-20-9-21-45-91)93-46-32-37-84(74-93)107-69-80(70-108-106-51-26-31-56-117(106)125-118(107)108)79-120(3)110-53-28-23-48-99(110)103-66-62-95(76-114(103)120)123(92-59-57-83(58-60-92)87-72-85(81-33-10-4-11-34-81)71-86(73-87)82-35-12-5-13-36-82)96-63-67-104-100-49-24-29-54-111(100)121(115(104)77-96,88-38-14-6-15-39-88)89-40-16-7-17-41-89/h4-78H,79H2,1-3H3. The largest absolute Gasteiger partial charge is 0.455 e. The summed E-state index contributed by atoms with van der Waals surface area (Å²) in [4.78, 5) is 5.05. The van der Waals surface area contributed by atoms with Crippen molar-refractivity contribution in [2.24, 2.45) is 0 Å². The van der Waals surface area contributed by atoms with Gasteiger partial charge in [-0.05, 0) is 271 Å². The number of hydrogen-bond donors (Lipinski definition) is 0. The molecule has 4 aliphatic carbocycles. The molecule has 0 radical (unpaired) electrons. The summed E-state index contributed by atoms with van der Waals surface area (Å²) in [5.74, 6) is 0. The van der Waals surface area contributed by atoms with E-state index in [1.54, 1.807) is 0 Å². The zero-order valence-electron chi connectivity index (χ0n) is 69.8. The molecule has 1 unspecified atom stereocenters. The minimum atomic E-state index is -0.623. The molecule has 20 aromatic rings. The Bertz CT molecular complexity index is 7520. The van der Waals surface area contributed by atoms with E-state index in [1.807, 2.05) is 0 Å². The van der Waals surface area contributed by atoms with Crippen molar-refractivity contribution < 1.29 is 4.42 Å². The fourth-order valence-electron chi connectivity index (χ4n) is 22.4. The molecule has 0 N–H and O–H groups in total. The van der Waals surface area contributed by atoms with E-state index in [-0.39, 0.29) is 5.41 Å². The van der Waals surface area contributed by atoms with Crippen LogP contribution < -0.4 is 9.80 Å². The highest BCUT2D eigenvalue weighted by Gasteiger charge is 2.49. The molecule has 0 fully saturated rings. The van der Waals surface area contributed by atoms with E-state index < -0.39 is 16.2 Å². The SMILES string of the molecule is CC1(C)c2ccccc2-c2ccc(N(c3cccc(-c4cc(CC5(C)c6ccccc6-c6ccc(N(c7ccc(-c8cc(-c9ccccc9)cc(-c9ccccc9)c8)cc7)c7ccc8c(c7)C(c7ccccc7)(c7ccccc7)c7ccccc7-8)cc65)cc5c4oc4ccccc45)c3)c3ccc4c(c3)C(c3ccccc3)(c3ccccc3)c3ccccc3-4)cc21. The number of rotatable bonds is 16. The smallest absolute Gasteiger partial charge is 0.143 e. The Morgan fingerprint density at radius 1 is 0.208 bits per heavy atom. The van der Waals surface area contributed by atoms with Gasteiger partial charge in [-0.2, -0.15) is 0 Å². The van der Waals surface area contributed by atoms with Crippen molar-refractivity contribution in [1.29, 1.82) is 0 Å². The van der Waals surface area contributed by atoms with E-state index in [4.69, 9.17) is 4.42 Å². The van der Waals surface area contributed by atoms with Crippen molar-refractivity contribution in [2.75, 3.05) is 9.80 Å². The Morgan fingerprint density at radius 2 is 0.552 bits per heavy atom. The lowest BCUT2D eigenvalue weighted by molar-refractivity contribution is 0.583. The summed E-state index contributed by atoms with van der Waals surface area (Å²) in [5, 5.41) is 2.18. The van der Waals surface area contributed by atoms with Crippen LogP contribution in [0.3, 0.4) is 0 Å². The molecule has 0 bridgehead atoms. The Morgan fingerprint density at radius 3 is 1.05 bits per heavy atom. The Labute approximate surface area is 730 Å². The highest BCUT2D eigenvalue weighted by molar-refractivity contribution is 6.10. The molecule has 3 nitrogen and oxygen atoms in total. The predicted molar refractivity (Wildman–Crippen MR) is 519 cm³/mol. The molecule has 24 rings (SSSR count). The van der Waals surface area contributed by atoms with Gasteiger partial charge >= 0.3 is 0 Å². The second-order valence-corrected chi connectivity index (χ2v) is 35.1. The number of nitrogens with zero attached hydrogens (tertiary/aromatic N) is 2. The normalized spacial score (nSPS) is 14.8. The molecule has 590 valence electrons. The van der Waals surface area contributed by atoms with Crippen LogP contribution in [0.25, 0.3) is 111 Å². The van der Waals surface area contributed by atoms with Crippen LogP contribution in [-0.2, 0) is 28.1 Å². The molecule has 1 aromatic heterocycles. The van der Waals surface area contributed by atoms with Crippen LogP contribution in [0.2, 0.25) is 0 Å². The van der Waals surface area contributed by atoms with Crippen LogP contribution in [-0.4, -0.2) is 0 Å². The Balaban J connectivity index is 0.674. The van der Waals surface area contributed by atoms with Gasteiger partial charge in [0, 0.05) is 61.3 Å². The van der Waals surface area contributed by atoms with Gasteiger partial charge in [0.05, 0.1) is 10.8 Å². The summed E-state index contributed by atoms with van der Waals surface area (Å²) in [6.45, 7) is 7.28. The average Bonchev–Trinajstić information content (AvgIpc) is 1.10. The molecule has 0 amide bonds. The molecular formula is C122H86N2O. The van der Waals surface area contributed by atoms with Gasteiger partial charge in [0.25, 0.3) is 0 Å². The summed E-state index contributed by atoms with van der Waals surface area (Å²) < 4.78 is 7.26. The maximum absolute atomic E-state index is 7.26. The minimum absolute atomic E-state index is 0.246. The molecule has 3 heteroatoms. The van der Waals surface area contributed by atoms with Crippen LogP contribution in [0, 0.1) is 0 Å².